The summed E-state index contributed by atoms with van der Waals surface area (Å²) >= 11 is 0. The molecule has 0 aromatic heterocycles. The van der Waals surface area contributed by atoms with Crippen LogP contribution in [0.1, 0.15) is 12.8 Å². The van der Waals surface area contributed by atoms with E-state index in [2.05, 4.69) is 11.2 Å². The molecular weight excluding hydrogens is 178 g/mol. The minimum Gasteiger partial charge on any atom is -0.324 e. The zero-order valence-corrected chi connectivity index (χ0v) is 8.26. The predicted molar refractivity (Wildman–Crippen MR) is 46.3 cm³/mol. The van der Waals surface area contributed by atoms with Crippen LogP contribution in [-0.2, 0) is 15.2 Å². The molecule has 1 saturated heterocycles. The van der Waals surface area contributed by atoms with E-state index in [4.69, 9.17) is 0 Å². The van der Waals surface area contributed by atoms with Crippen LogP contribution in [0.15, 0.2) is 0 Å². The fourth-order valence-corrected chi connectivity index (χ4v) is 1.89. The van der Waals surface area contributed by atoms with E-state index in [1.165, 1.54) is 12.8 Å². The lowest BCUT2D eigenvalue weighted by molar-refractivity contribution is -0.897. The Morgan fingerprint density at radius 3 is 2.42 bits per heavy atom. The molecular formula is C7H16NO3S+. The van der Waals surface area contributed by atoms with Gasteiger partial charge in [0.1, 0.15) is 13.2 Å². The van der Waals surface area contributed by atoms with E-state index in [1.807, 2.05) is 0 Å². The number of hydrogen-bond acceptors (Lipinski definition) is 3. The summed E-state index contributed by atoms with van der Waals surface area (Å²) in [6, 6.07) is 0. The number of hydrogen-bond donors (Lipinski definition) is 1. The maximum absolute atomic E-state index is 10.1. The first kappa shape index (κ1) is 9.95. The van der Waals surface area contributed by atoms with Gasteiger partial charge < -0.3 is 4.48 Å². The van der Waals surface area contributed by atoms with Gasteiger partial charge in [0.2, 0.25) is 0 Å². The van der Waals surface area contributed by atoms with Crippen molar-refractivity contribution in [1.29, 1.82) is 0 Å². The molecule has 0 amide bonds. The van der Waals surface area contributed by atoms with Gasteiger partial charge in [0.15, 0.2) is 0 Å². The Kier molecular flexibility index (Phi) is 3.49. The molecule has 1 heterocycles. The summed E-state index contributed by atoms with van der Waals surface area (Å²) in [6.45, 7) is 3.44. The first-order valence-corrected chi connectivity index (χ1v) is 5.33. The minimum atomic E-state index is -2.65. The summed E-state index contributed by atoms with van der Waals surface area (Å²) in [5.74, 6) is 0. The minimum absolute atomic E-state index is 0.329. The van der Waals surface area contributed by atoms with E-state index in [-0.39, 0.29) is 0 Å². The summed E-state index contributed by atoms with van der Waals surface area (Å²) in [6.07, 6.45) is 2.50. The van der Waals surface area contributed by atoms with Gasteiger partial charge in [-0.3, -0.25) is 4.18 Å². The van der Waals surface area contributed by atoms with E-state index in [1.54, 1.807) is 0 Å². The molecule has 0 aromatic carbocycles. The lowest BCUT2D eigenvalue weighted by atomic mass is 10.4. The first-order chi connectivity index (χ1) is 5.62. The third-order valence-electron chi connectivity index (χ3n) is 2.47. The van der Waals surface area contributed by atoms with Gasteiger partial charge in [-0.1, -0.05) is 0 Å². The first-order valence-electron chi connectivity index (χ1n) is 4.23. The van der Waals surface area contributed by atoms with Crippen molar-refractivity contribution in [2.75, 3.05) is 33.3 Å². The molecule has 5 heteroatoms. The molecule has 1 rings (SSSR count). The van der Waals surface area contributed by atoms with Crippen LogP contribution in [0.2, 0.25) is 0 Å². The molecule has 1 aliphatic rings. The number of likely N-dealkylation sites (N-methyl/N-ethyl adjacent to an activating group) is 1. The molecule has 12 heavy (non-hydrogen) atoms. The van der Waals surface area contributed by atoms with Crippen molar-refractivity contribution < 1.29 is 17.1 Å². The van der Waals surface area contributed by atoms with Gasteiger partial charge in [-0.15, -0.1) is 0 Å². The fraction of sp³-hybridized carbons (Fsp3) is 1.00. The molecule has 0 unspecified atom stereocenters. The highest BCUT2D eigenvalue weighted by molar-refractivity contribution is 7.67. The van der Waals surface area contributed by atoms with E-state index in [0.717, 1.165) is 24.1 Å². The molecule has 0 bridgehead atoms. The highest BCUT2D eigenvalue weighted by atomic mass is 32.2. The predicted octanol–water partition coefficient (Wildman–Crippen LogP) is -0.230. The van der Waals surface area contributed by atoms with Crippen LogP contribution in [0.3, 0.4) is 0 Å². The lowest BCUT2D eigenvalue weighted by Crippen LogP contribution is -2.43. The summed E-state index contributed by atoms with van der Waals surface area (Å²) in [7, 11) is -0.506. The number of thiol groups is 1. The normalized spacial score (nSPS) is 21.8. The lowest BCUT2D eigenvalue weighted by Gasteiger charge is -2.28. The molecule has 0 N–H and O–H groups in total. The van der Waals surface area contributed by atoms with Crippen molar-refractivity contribution in [2.45, 2.75) is 12.8 Å². The quantitative estimate of drug-likeness (QED) is 0.496. The van der Waals surface area contributed by atoms with Crippen LogP contribution in [-0.4, -0.2) is 46.2 Å². The highest BCUT2D eigenvalue weighted by Gasteiger charge is 2.26. The Bertz CT molecular complexity index is 201. The van der Waals surface area contributed by atoms with Crippen molar-refractivity contribution >= 4 is 11.0 Å². The summed E-state index contributed by atoms with van der Waals surface area (Å²) in [5.41, 5.74) is 0. The molecule has 0 radical (unpaired) electrons. The largest absolute Gasteiger partial charge is 0.324 e. The number of nitrogens with zero attached hydrogens (tertiary/aromatic N) is 1. The Morgan fingerprint density at radius 1 is 1.33 bits per heavy atom. The van der Waals surface area contributed by atoms with Crippen molar-refractivity contribution in [3.63, 3.8) is 0 Å². The Labute approximate surface area is 74.9 Å². The molecule has 1 fully saturated rings. The Morgan fingerprint density at radius 2 is 1.92 bits per heavy atom. The van der Waals surface area contributed by atoms with Crippen LogP contribution < -0.4 is 0 Å². The number of likely N-dealkylation sites (tertiary alicyclic amines) is 1. The summed E-state index contributed by atoms with van der Waals surface area (Å²) < 4.78 is 25.6. The zero-order valence-electron chi connectivity index (χ0n) is 7.36. The molecule has 0 saturated carbocycles. The van der Waals surface area contributed by atoms with Gasteiger partial charge in [-0.25, -0.2) is 8.42 Å². The van der Waals surface area contributed by atoms with Crippen LogP contribution >= 0.6 is 0 Å². The van der Waals surface area contributed by atoms with Crippen LogP contribution in [0, 0.1) is 0 Å². The molecule has 0 atom stereocenters. The fourth-order valence-electron chi connectivity index (χ4n) is 1.66. The van der Waals surface area contributed by atoms with Crippen LogP contribution in [0.5, 0.6) is 0 Å². The second kappa shape index (κ2) is 4.20. The molecule has 0 aliphatic carbocycles. The average Bonchev–Trinajstić information content (AvgIpc) is 2.35. The maximum atomic E-state index is 10.1. The average molecular weight is 194 g/mol. The summed E-state index contributed by atoms with van der Waals surface area (Å²) in [4.78, 5) is 0. The topological polar surface area (TPSA) is 43.4 Å². The van der Waals surface area contributed by atoms with Crippen LogP contribution in [0.25, 0.3) is 0 Å². The molecule has 72 valence electrons. The molecule has 4 nitrogen and oxygen atoms in total. The van der Waals surface area contributed by atoms with Crippen molar-refractivity contribution in [2.24, 2.45) is 0 Å². The van der Waals surface area contributed by atoms with Crippen molar-refractivity contribution in [1.82, 2.24) is 0 Å². The van der Waals surface area contributed by atoms with E-state index >= 15 is 0 Å². The van der Waals surface area contributed by atoms with E-state index < -0.39 is 11.0 Å². The molecule has 0 aromatic rings. The van der Waals surface area contributed by atoms with Crippen LogP contribution in [0.4, 0.5) is 0 Å². The smallest absolute Gasteiger partial charge is 0.257 e. The highest BCUT2D eigenvalue weighted by Crippen LogP contribution is 2.15. The second-order valence-electron chi connectivity index (χ2n) is 3.55. The monoisotopic (exact) mass is 194 g/mol. The Balaban J connectivity index is 2.21. The van der Waals surface area contributed by atoms with Gasteiger partial charge in [-0.2, -0.15) is 0 Å². The molecule has 0 spiro atoms. The number of quaternary nitrogens is 1. The van der Waals surface area contributed by atoms with Gasteiger partial charge in [0, 0.05) is 12.8 Å². The van der Waals surface area contributed by atoms with Crippen molar-refractivity contribution in [3.05, 3.63) is 0 Å². The van der Waals surface area contributed by atoms with E-state index in [9.17, 15) is 8.42 Å². The Hall–Kier alpha value is -0.130. The third-order valence-corrected chi connectivity index (χ3v) is 2.87. The SMILES string of the molecule is C[N+]1(CCO[SH](=O)=O)CCCC1. The third kappa shape index (κ3) is 3.08. The zero-order chi connectivity index (χ0) is 9.03. The van der Waals surface area contributed by atoms with Gasteiger partial charge in [0.25, 0.3) is 11.0 Å². The van der Waals surface area contributed by atoms with Gasteiger partial charge >= 0.3 is 0 Å². The standard InChI is InChI=1S/C7H16NO3S/c1-8(4-2-3-5-8)6-7-11-12(9)10/h12H,2-7H2,1H3/q+1. The summed E-state index contributed by atoms with van der Waals surface area (Å²) in [5, 5.41) is 0. The van der Waals surface area contributed by atoms with E-state index in [0.29, 0.717) is 6.61 Å². The van der Waals surface area contributed by atoms with Gasteiger partial charge in [-0.05, 0) is 0 Å². The number of rotatable bonds is 4. The molecule has 1 aliphatic heterocycles. The van der Waals surface area contributed by atoms with Gasteiger partial charge in [0.05, 0.1) is 20.1 Å². The second-order valence-corrected chi connectivity index (χ2v) is 4.26. The maximum Gasteiger partial charge on any atom is 0.257 e. The van der Waals surface area contributed by atoms with Crippen molar-refractivity contribution in [3.8, 4) is 0 Å².